The molecule has 2 nitrogen and oxygen atoms in total. The summed E-state index contributed by atoms with van der Waals surface area (Å²) in [5, 5.41) is 3.65. The maximum Gasteiger partial charge on any atom is 0.0302 e. The molecule has 2 rings (SSSR count). The maximum atomic E-state index is 4.22. The number of hydrogen-bond acceptors (Lipinski definition) is 2. The average molecular weight is 218 g/mol. The van der Waals surface area contributed by atoms with Crippen LogP contribution in [0.1, 0.15) is 44.6 Å². The summed E-state index contributed by atoms with van der Waals surface area (Å²) in [5.41, 5.74) is 1.42. The van der Waals surface area contributed by atoms with E-state index >= 15 is 0 Å². The van der Waals surface area contributed by atoms with Crippen LogP contribution in [-0.4, -0.2) is 17.6 Å². The van der Waals surface area contributed by atoms with Crippen LogP contribution in [0.15, 0.2) is 24.5 Å². The van der Waals surface area contributed by atoms with Crippen molar-refractivity contribution in [3.63, 3.8) is 0 Å². The summed E-state index contributed by atoms with van der Waals surface area (Å²) in [5.74, 6) is 1.53. The minimum Gasteiger partial charge on any atom is -0.314 e. The van der Waals surface area contributed by atoms with Gasteiger partial charge in [-0.2, -0.15) is 0 Å². The summed E-state index contributed by atoms with van der Waals surface area (Å²) in [6, 6.07) is 5.00. The molecule has 1 heterocycles. The first-order valence-electron chi connectivity index (χ1n) is 6.50. The van der Waals surface area contributed by atoms with E-state index in [2.05, 4.69) is 36.3 Å². The summed E-state index contributed by atoms with van der Waals surface area (Å²) in [4.78, 5) is 4.22. The van der Waals surface area contributed by atoms with Gasteiger partial charge in [0.1, 0.15) is 0 Å². The summed E-state index contributed by atoms with van der Waals surface area (Å²) < 4.78 is 0. The summed E-state index contributed by atoms with van der Waals surface area (Å²) in [6.45, 7) is 5.68. The minimum atomic E-state index is 0.730. The van der Waals surface area contributed by atoms with Crippen molar-refractivity contribution in [2.24, 2.45) is 5.92 Å². The fourth-order valence-electron chi connectivity index (χ4n) is 2.82. The molecule has 3 unspecified atom stereocenters. The highest BCUT2D eigenvalue weighted by molar-refractivity contribution is 5.21. The highest BCUT2D eigenvalue weighted by atomic mass is 14.9. The Balaban J connectivity index is 1.95. The van der Waals surface area contributed by atoms with Gasteiger partial charge < -0.3 is 5.32 Å². The van der Waals surface area contributed by atoms with Crippen LogP contribution < -0.4 is 5.32 Å². The quantitative estimate of drug-likeness (QED) is 0.822. The second-order valence-electron chi connectivity index (χ2n) is 4.76. The van der Waals surface area contributed by atoms with Crippen LogP contribution >= 0.6 is 0 Å². The van der Waals surface area contributed by atoms with Crippen LogP contribution in [-0.2, 0) is 0 Å². The third kappa shape index (κ3) is 2.27. The van der Waals surface area contributed by atoms with E-state index in [9.17, 15) is 0 Å². The van der Waals surface area contributed by atoms with Gasteiger partial charge in [-0.25, -0.2) is 0 Å². The average Bonchev–Trinajstić information content (AvgIpc) is 2.30. The van der Waals surface area contributed by atoms with E-state index in [-0.39, 0.29) is 0 Å². The normalized spacial score (nSPS) is 28.8. The van der Waals surface area contributed by atoms with Gasteiger partial charge >= 0.3 is 0 Å². The van der Waals surface area contributed by atoms with Crippen molar-refractivity contribution < 1.29 is 0 Å². The molecule has 3 atom stereocenters. The fraction of sp³-hybridized carbons (Fsp3) is 0.643. The van der Waals surface area contributed by atoms with Gasteiger partial charge in [-0.05, 0) is 42.9 Å². The second kappa shape index (κ2) is 5.44. The lowest BCUT2D eigenvalue weighted by Gasteiger charge is -2.45. The molecule has 0 spiro atoms. The molecular formula is C14H22N2. The molecule has 1 aliphatic carbocycles. The summed E-state index contributed by atoms with van der Waals surface area (Å²) in [7, 11) is 0. The molecule has 1 aliphatic rings. The first-order valence-corrected chi connectivity index (χ1v) is 6.50. The predicted molar refractivity (Wildman–Crippen MR) is 67.5 cm³/mol. The van der Waals surface area contributed by atoms with Crippen molar-refractivity contribution in [3.05, 3.63) is 30.1 Å². The third-order valence-electron chi connectivity index (χ3n) is 3.78. The van der Waals surface area contributed by atoms with Gasteiger partial charge in [-0.3, -0.25) is 4.98 Å². The molecule has 0 aliphatic heterocycles. The Morgan fingerprint density at radius 3 is 2.94 bits per heavy atom. The van der Waals surface area contributed by atoms with Crippen LogP contribution in [0.4, 0.5) is 0 Å². The van der Waals surface area contributed by atoms with Crippen molar-refractivity contribution in [2.75, 3.05) is 6.54 Å². The van der Waals surface area contributed by atoms with Crippen molar-refractivity contribution in [1.82, 2.24) is 10.3 Å². The number of aromatic nitrogens is 1. The summed E-state index contributed by atoms with van der Waals surface area (Å²) >= 11 is 0. The molecule has 0 saturated heterocycles. The first-order chi connectivity index (χ1) is 7.86. The number of rotatable bonds is 5. The monoisotopic (exact) mass is 218 g/mol. The van der Waals surface area contributed by atoms with E-state index in [4.69, 9.17) is 0 Å². The smallest absolute Gasteiger partial charge is 0.0302 e. The van der Waals surface area contributed by atoms with E-state index in [0.29, 0.717) is 0 Å². The van der Waals surface area contributed by atoms with Crippen molar-refractivity contribution in [3.8, 4) is 0 Å². The number of hydrogen-bond donors (Lipinski definition) is 1. The SMILES string of the molecule is CCCNC1CC(c2cccnc2)C1CC. The van der Waals surface area contributed by atoms with Gasteiger partial charge in [0.05, 0.1) is 0 Å². The zero-order valence-electron chi connectivity index (χ0n) is 10.3. The molecular weight excluding hydrogens is 196 g/mol. The topological polar surface area (TPSA) is 24.9 Å². The fourth-order valence-corrected chi connectivity index (χ4v) is 2.82. The van der Waals surface area contributed by atoms with Gasteiger partial charge in [0, 0.05) is 18.4 Å². The summed E-state index contributed by atoms with van der Waals surface area (Å²) in [6.07, 6.45) is 7.66. The lowest BCUT2D eigenvalue weighted by atomic mass is 9.65. The Morgan fingerprint density at radius 1 is 1.44 bits per heavy atom. The van der Waals surface area contributed by atoms with Gasteiger partial charge in [-0.1, -0.05) is 26.3 Å². The Kier molecular flexibility index (Phi) is 3.94. The van der Waals surface area contributed by atoms with Crippen LogP contribution in [0.5, 0.6) is 0 Å². The van der Waals surface area contributed by atoms with Crippen molar-refractivity contribution in [1.29, 1.82) is 0 Å². The van der Waals surface area contributed by atoms with Gasteiger partial charge in [0.15, 0.2) is 0 Å². The van der Waals surface area contributed by atoms with E-state index in [0.717, 1.165) is 24.4 Å². The Hall–Kier alpha value is -0.890. The van der Waals surface area contributed by atoms with Gasteiger partial charge in [0.2, 0.25) is 0 Å². The van der Waals surface area contributed by atoms with E-state index in [1.165, 1.54) is 24.8 Å². The molecule has 88 valence electrons. The largest absolute Gasteiger partial charge is 0.314 e. The van der Waals surface area contributed by atoms with Gasteiger partial charge in [-0.15, -0.1) is 0 Å². The van der Waals surface area contributed by atoms with Crippen LogP contribution in [0.25, 0.3) is 0 Å². The van der Waals surface area contributed by atoms with Crippen molar-refractivity contribution >= 4 is 0 Å². The number of nitrogens with zero attached hydrogens (tertiary/aromatic N) is 1. The Morgan fingerprint density at radius 2 is 2.31 bits per heavy atom. The molecule has 0 amide bonds. The zero-order valence-corrected chi connectivity index (χ0v) is 10.3. The van der Waals surface area contributed by atoms with Crippen LogP contribution in [0.3, 0.4) is 0 Å². The molecule has 0 aromatic carbocycles. The third-order valence-corrected chi connectivity index (χ3v) is 3.78. The molecule has 0 bridgehead atoms. The maximum absolute atomic E-state index is 4.22. The van der Waals surface area contributed by atoms with Crippen molar-refractivity contribution in [2.45, 2.75) is 45.1 Å². The lowest BCUT2D eigenvalue weighted by Crippen LogP contribution is -2.49. The first kappa shape index (κ1) is 11.6. The molecule has 16 heavy (non-hydrogen) atoms. The van der Waals surface area contributed by atoms with Crippen LogP contribution in [0, 0.1) is 5.92 Å². The minimum absolute atomic E-state index is 0.730. The molecule has 1 aromatic rings. The standard InChI is InChI=1S/C14H22N2/c1-3-7-16-14-9-13(12(14)4-2)11-6-5-8-15-10-11/h5-6,8,10,12-14,16H,3-4,7,9H2,1-2H3. The molecule has 1 fully saturated rings. The highest BCUT2D eigenvalue weighted by Gasteiger charge is 2.39. The number of nitrogens with one attached hydrogen (secondary N) is 1. The van der Waals surface area contributed by atoms with E-state index < -0.39 is 0 Å². The highest BCUT2D eigenvalue weighted by Crippen LogP contribution is 2.44. The Bertz CT molecular complexity index is 310. The predicted octanol–water partition coefficient (Wildman–Crippen LogP) is 2.96. The van der Waals surface area contributed by atoms with Gasteiger partial charge in [0.25, 0.3) is 0 Å². The van der Waals surface area contributed by atoms with E-state index in [1.54, 1.807) is 0 Å². The molecule has 0 radical (unpaired) electrons. The molecule has 1 aromatic heterocycles. The Labute approximate surface area is 98.5 Å². The molecule has 1 saturated carbocycles. The second-order valence-corrected chi connectivity index (χ2v) is 4.76. The lowest BCUT2D eigenvalue weighted by molar-refractivity contribution is 0.160. The molecule has 1 N–H and O–H groups in total. The van der Waals surface area contributed by atoms with Crippen LogP contribution in [0.2, 0.25) is 0 Å². The zero-order chi connectivity index (χ0) is 11.4. The van der Waals surface area contributed by atoms with E-state index in [1.807, 2.05) is 12.4 Å². The molecule has 2 heteroatoms. The number of pyridine rings is 1.